The molecule has 6 nitrogen and oxygen atoms in total. The predicted octanol–water partition coefficient (Wildman–Crippen LogP) is 4.07. The number of carbonyl (C=O) groups is 1. The number of aromatic nitrogens is 2. The van der Waals surface area contributed by atoms with Gasteiger partial charge in [-0.2, -0.15) is 0 Å². The fraction of sp³-hybridized carbons (Fsp3) is 0.167. The van der Waals surface area contributed by atoms with Gasteiger partial charge in [-0.3, -0.25) is 5.32 Å². The monoisotopic (exact) mass is 389 g/mol. The number of hydrogen-bond donors (Lipinski definition) is 2. The van der Waals surface area contributed by atoms with Gasteiger partial charge in [0.1, 0.15) is 12.4 Å². The van der Waals surface area contributed by atoms with E-state index in [-0.39, 0.29) is 0 Å². The van der Waals surface area contributed by atoms with E-state index in [2.05, 4.69) is 27.8 Å². The largest absolute Gasteiger partial charge is 0.486 e. The molecule has 0 radical (unpaired) electrons. The van der Waals surface area contributed by atoms with Gasteiger partial charge in [-0.05, 0) is 43.2 Å². The number of aryl methyl sites for hydroxylation is 2. The first-order valence-corrected chi connectivity index (χ1v) is 9.09. The quantitative estimate of drug-likeness (QED) is 0.689. The molecule has 1 aromatic heterocycles. The van der Waals surface area contributed by atoms with E-state index >= 15 is 0 Å². The number of hydrogen-bond acceptors (Lipinski definition) is 5. The highest BCUT2D eigenvalue weighted by Crippen LogP contribution is 2.21. The molecule has 0 aliphatic heterocycles. The SMILES string of the molecule is Cc1ccc(OCc2nnc(NC(=O)Nc3cccc([ClH+])c3)s2)cc1C. The van der Waals surface area contributed by atoms with Gasteiger partial charge in [-0.15, -0.1) is 10.2 Å². The van der Waals surface area contributed by atoms with Crippen LogP contribution in [0.4, 0.5) is 15.6 Å². The molecule has 0 aliphatic carbocycles. The lowest BCUT2D eigenvalue weighted by atomic mass is 10.1. The molecule has 2 amide bonds. The molecule has 8 heteroatoms. The van der Waals surface area contributed by atoms with Crippen molar-refractivity contribution in [3.63, 3.8) is 0 Å². The van der Waals surface area contributed by atoms with Crippen molar-refractivity contribution in [1.29, 1.82) is 0 Å². The lowest BCUT2D eigenvalue weighted by molar-refractivity contribution is -0.288. The number of benzene rings is 2. The molecule has 0 spiro atoms. The summed E-state index contributed by atoms with van der Waals surface area (Å²) in [6.07, 6.45) is 0. The van der Waals surface area contributed by atoms with Crippen LogP contribution >= 0.6 is 11.3 Å². The van der Waals surface area contributed by atoms with Crippen LogP contribution < -0.4 is 15.4 Å². The van der Waals surface area contributed by atoms with Gasteiger partial charge in [0.2, 0.25) is 10.2 Å². The third-order valence-electron chi connectivity index (χ3n) is 3.62. The van der Waals surface area contributed by atoms with Crippen molar-refractivity contribution >= 4 is 28.2 Å². The number of urea groups is 1. The van der Waals surface area contributed by atoms with E-state index in [0.717, 1.165) is 5.75 Å². The number of ether oxygens (including phenoxy) is 1. The summed E-state index contributed by atoms with van der Waals surface area (Å²) in [5, 5.41) is 15.1. The van der Waals surface area contributed by atoms with Crippen LogP contribution in [0, 0.1) is 25.4 Å². The van der Waals surface area contributed by atoms with Crippen LogP contribution in [0.15, 0.2) is 42.5 Å². The molecule has 26 heavy (non-hydrogen) atoms. The first-order chi connectivity index (χ1) is 12.5. The molecule has 0 bridgehead atoms. The molecule has 0 atom stereocenters. The van der Waals surface area contributed by atoms with Crippen molar-refractivity contribution in [3.8, 4) is 5.75 Å². The van der Waals surface area contributed by atoms with Gasteiger partial charge in [0, 0.05) is 17.8 Å². The molecular weight excluding hydrogens is 372 g/mol. The van der Waals surface area contributed by atoms with Crippen molar-refractivity contribution in [3.05, 3.63) is 63.6 Å². The van der Waals surface area contributed by atoms with E-state index in [0.29, 0.717) is 27.5 Å². The fourth-order valence-corrected chi connectivity index (χ4v) is 3.00. The summed E-state index contributed by atoms with van der Waals surface area (Å²) < 4.78 is 5.72. The maximum atomic E-state index is 12.0. The average molecular weight is 390 g/mol. The molecule has 3 rings (SSSR count). The molecule has 0 saturated carbocycles. The van der Waals surface area contributed by atoms with E-state index in [1.807, 2.05) is 25.1 Å². The van der Waals surface area contributed by atoms with E-state index in [1.54, 1.807) is 24.3 Å². The summed E-state index contributed by atoms with van der Waals surface area (Å²) in [7, 11) is 0. The van der Waals surface area contributed by atoms with Gasteiger partial charge >= 0.3 is 6.03 Å². The topological polar surface area (TPSA) is 76.1 Å². The molecule has 0 saturated heterocycles. The van der Waals surface area contributed by atoms with Crippen LogP contribution in [0.25, 0.3) is 0 Å². The number of anilines is 2. The van der Waals surface area contributed by atoms with Crippen molar-refractivity contribution in [1.82, 2.24) is 10.2 Å². The van der Waals surface area contributed by atoms with Gasteiger partial charge in [-0.25, -0.2) is 4.79 Å². The second kappa shape index (κ2) is 8.16. The summed E-state index contributed by atoms with van der Waals surface area (Å²) >= 11 is 6.33. The molecule has 0 fully saturated rings. The van der Waals surface area contributed by atoms with Crippen molar-refractivity contribution < 1.29 is 21.1 Å². The van der Waals surface area contributed by atoms with Crippen LogP contribution in [0.2, 0.25) is 5.02 Å². The number of amides is 2. The van der Waals surface area contributed by atoms with Crippen LogP contribution in [-0.4, -0.2) is 16.2 Å². The molecule has 3 aromatic rings. The summed E-state index contributed by atoms with van der Waals surface area (Å²) in [6, 6.07) is 12.6. The molecule has 2 N–H and O–H groups in total. The van der Waals surface area contributed by atoms with Crippen molar-refractivity contribution in [2.45, 2.75) is 20.5 Å². The first kappa shape index (κ1) is 18.2. The normalized spacial score (nSPS) is 10.4. The third-order valence-corrected chi connectivity index (χ3v) is 4.69. The van der Waals surface area contributed by atoms with Gasteiger partial charge in [0.25, 0.3) is 0 Å². The van der Waals surface area contributed by atoms with Gasteiger partial charge in [-0.1, -0.05) is 23.5 Å². The van der Waals surface area contributed by atoms with Crippen LogP contribution in [-0.2, 0) is 6.61 Å². The molecular formula is C18H18ClN4O2S+. The highest BCUT2D eigenvalue weighted by Gasteiger charge is 2.10. The van der Waals surface area contributed by atoms with Gasteiger partial charge in [0.15, 0.2) is 16.6 Å². The Bertz CT molecular complexity index is 929. The van der Waals surface area contributed by atoms with Gasteiger partial charge in [0.05, 0.1) is 0 Å². The number of nitrogens with one attached hydrogen (secondary N) is 2. The Balaban J connectivity index is 1.54. The zero-order chi connectivity index (χ0) is 18.5. The zero-order valence-corrected chi connectivity index (χ0v) is 15.9. The summed E-state index contributed by atoms with van der Waals surface area (Å²) in [5.41, 5.74) is 3.01. The number of rotatable bonds is 5. The summed E-state index contributed by atoms with van der Waals surface area (Å²) in [5.74, 6) is 0.777. The second-order valence-corrected chi connectivity index (χ2v) is 7.18. The predicted molar refractivity (Wildman–Crippen MR) is 99.8 cm³/mol. The summed E-state index contributed by atoms with van der Waals surface area (Å²) in [6.45, 7) is 4.38. The van der Waals surface area contributed by atoms with Gasteiger partial charge < -0.3 is 10.1 Å². The average Bonchev–Trinajstić information content (AvgIpc) is 3.03. The number of halogens is 1. The van der Waals surface area contributed by atoms with E-state index in [4.69, 9.17) is 16.3 Å². The minimum atomic E-state index is -0.400. The Kier molecular flexibility index (Phi) is 5.70. The van der Waals surface area contributed by atoms with Crippen LogP contribution in [0.5, 0.6) is 5.75 Å². The Morgan fingerprint density at radius 2 is 1.96 bits per heavy atom. The first-order valence-electron chi connectivity index (χ1n) is 7.87. The Morgan fingerprint density at radius 3 is 2.73 bits per heavy atom. The number of nitrogens with zero attached hydrogens (tertiary/aromatic N) is 2. The molecule has 134 valence electrons. The maximum absolute atomic E-state index is 12.0. The summed E-state index contributed by atoms with van der Waals surface area (Å²) in [4.78, 5) is 12.0. The highest BCUT2D eigenvalue weighted by atomic mass is 35.5. The fourth-order valence-electron chi connectivity index (χ4n) is 2.14. The Labute approximate surface area is 160 Å². The number of carbonyl (C=O) groups excluding carboxylic acids is 1. The smallest absolute Gasteiger partial charge is 0.325 e. The van der Waals surface area contributed by atoms with E-state index in [1.165, 1.54) is 22.5 Å². The van der Waals surface area contributed by atoms with Crippen molar-refractivity contribution in [2.75, 3.05) is 10.6 Å². The standard InChI is InChI=1S/C18H17ClN4O2S/c1-11-6-7-15(8-12(11)2)25-10-16-22-23-18(26-16)21-17(24)20-14-5-3-4-13(19)9-14/h3-9,19H,10H2,1-2H3,(H-,20,21,23,24)/p+1. The van der Waals surface area contributed by atoms with Crippen molar-refractivity contribution in [2.24, 2.45) is 0 Å². The molecule has 0 unspecified atom stereocenters. The molecule has 1 heterocycles. The van der Waals surface area contributed by atoms with E-state index in [9.17, 15) is 4.79 Å². The van der Waals surface area contributed by atoms with Crippen LogP contribution in [0.3, 0.4) is 0 Å². The lowest BCUT2D eigenvalue weighted by Crippen LogP contribution is -2.19. The molecule has 2 aromatic carbocycles. The third kappa shape index (κ3) is 4.93. The Hall–Kier alpha value is -2.64. The Morgan fingerprint density at radius 1 is 1.12 bits per heavy atom. The zero-order valence-electron chi connectivity index (χ0n) is 14.3. The highest BCUT2D eigenvalue weighted by molar-refractivity contribution is 7.15. The minimum absolute atomic E-state index is 0.293. The molecule has 0 aliphatic rings. The maximum Gasteiger partial charge on any atom is 0.325 e. The van der Waals surface area contributed by atoms with E-state index < -0.39 is 6.03 Å². The lowest BCUT2D eigenvalue weighted by Gasteiger charge is -2.06. The minimum Gasteiger partial charge on any atom is -0.486 e. The van der Waals surface area contributed by atoms with Crippen LogP contribution in [0.1, 0.15) is 16.1 Å². The second-order valence-electron chi connectivity index (χ2n) is 5.64.